The van der Waals surface area contributed by atoms with Crippen LogP contribution in [0.5, 0.6) is 0 Å². The molecule has 18 heavy (non-hydrogen) atoms. The molecule has 1 nitrogen and oxygen atoms in total. The fourth-order valence-electron chi connectivity index (χ4n) is 2.23. The Kier molecular flexibility index (Phi) is 3.13. The van der Waals surface area contributed by atoms with Crippen LogP contribution < -0.4 is 0 Å². The molecule has 1 aliphatic rings. The zero-order valence-electron chi connectivity index (χ0n) is 10.5. The predicted octanol–water partition coefficient (Wildman–Crippen LogP) is 4.62. The van der Waals surface area contributed by atoms with Crippen LogP contribution in [-0.2, 0) is 0 Å². The van der Waals surface area contributed by atoms with Crippen LogP contribution in [0.2, 0.25) is 0 Å². The van der Waals surface area contributed by atoms with Crippen LogP contribution >= 0.6 is 12.6 Å². The van der Waals surface area contributed by atoms with E-state index in [0.717, 1.165) is 5.92 Å². The number of pyridine rings is 1. The van der Waals surface area contributed by atoms with E-state index in [0.29, 0.717) is 0 Å². The molecular weight excluding hydrogens is 238 g/mol. The van der Waals surface area contributed by atoms with E-state index in [-0.39, 0.29) is 5.25 Å². The smallest absolute Gasteiger partial charge is 0.0346 e. The highest BCUT2D eigenvalue weighted by Crippen LogP contribution is 2.40. The average Bonchev–Trinajstić information content (AvgIpc) is 3.23. The number of hydrogen-bond donors (Lipinski definition) is 1. The second kappa shape index (κ2) is 4.77. The molecular formula is C16H17NS. The largest absolute Gasteiger partial charge is 0.264 e. The summed E-state index contributed by atoms with van der Waals surface area (Å²) in [5.41, 5.74) is 5.10. The van der Waals surface area contributed by atoms with E-state index < -0.39 is 0 Å². The Bertz CT molecular complexity index is 515. The molecule has 1 unspecified atom stereocenters. The summed E-state index contributed by atoms with van der Waals surface area (Å²) in [5.74, 6) is 0.754. The molecule has 1 aromatic heterocycles. The molecule has 0 saturated heterocycles. The first-order chi connectivity index (χ1) is 8.74. The Morgan fingerprint density at radius 3 is 2.72 bits per heavy atom. The van der Waals surface area contributed by atoms with E-state index in [1.54, 1.807) is 0 Å². The monoisotopic (exact) mass is 255 g/mol. The van der Waals surface area contributed by atoms with E-state index in [4.69, 9.17) is 0 Å². The predicted molar refractivity (Wildman–Crippen MR) is 79.0 cm³/mol. The van der Waals surface area contributed by atoms with Crippen molar-refractivity contribution in [1.82, 2.24) is 4.98 Å². The van der Waals surface area contributed by atoms with Gasteiger partial charge in [-0.25, -0.2) is 0 Å². The lowest BCUT2D eigenvalue weighted by Gasteiger charge is -2.08. The third kappa shape index (κ3) is 2.44. The summed E-state index contributed by atoms with van der Waals surface area (Å²) in [7, 11) is 0. The summed E-state index contributed by atoms with van der Waals surface area (Å²) >= 11 is 4.49. The van der Waals surface area contributed by atoms with E-state index >= 15 is 0 Å². The maximum atomic E-state index is 4.49. The van der Waals surface area contributed by atoms with Gasteiger partial charge in [-0.15, -0.1) is 0 Å². The molecule has 0 aliphatic heterocycles. The molecule has 92 valence electrons. The van der Waals surface area contributed by atoms with E-state index in [2.05, 4.69) is 54.9 Å². The first kappa shape index (κ1) is 11.8. The zero-order chi connectivity index (χ0) is 12.5. The highest BCUT2D eigenvalue weighted by molar-refractivity contribution is 7.80. The maximum Gasteiger partial charge on any atom is 0.0346 e. The molecule has 1 heterocycles. The van der Waals surface area contributed by atoms with E-state index in [1.807, 2.05) is 12.4 Å². The average molecular weight is 255 g/mol. The summed E-state index contributed by atoms with van der Waals surface area (Å²) < 4.78 is 0. The lowest BCUT2D eigenvalue weighted by Crippen LogP contribution is -1.88. The van der Waals surface area contributed by atoms with Crippen molar-refractivity contribution in [3.63, 3.8) is 0 Å². The summed E-state index contributed by atoms with van der Waals surface area (Å²) in [5, 5.41) is 0.268. The second-order valence-corrected chi connectivity index (χ2v) is 5.86. The van der Waals surface area contributed by atoms with Gasteiger partial charge < -0.3 is 0 Å². The van der Waals surface area contributed by atoms with Gasteiger partial charge in [0.25, 0.3) is 0 Å². The van der Waals surface area contributed by atoms with Crippen molar-refractivity contribution in [3.8, 4) is 11.1 Å². The van der Waals surface area contributed by atoms with Gasteiger partial charge in [-0.3, -0.25) is 4.98 Å². The molecule has 2 heteroatoms. The fourth-order valence-corrected chi connectivity index (χ4v) is 2.39. The van der Waals surface area contributed by atoms with Gasteiger partial charge in [-0.05, 0) is 54.5 Å². The van der Waals surface area contributed by atoms with Gasteiger partial charge in [0.1, 0.15) is 0 Å². The number of thiol groups is 1. The number of nitrogens with zero attached hydrogens (tertiary/aromatic N) is 1. The van der Waals surface area contributed by atoms with Gasteiger partial charge in [0.15, 0.2) is 0 Å². The van der Waals surface area contributed by atoms with Gasteiger partial charge in [-0.1, -0.05) is 18.2 Å². The standard InChI is InChI=1S/C16H17NS/c1-11(18)13-3-2-4-14(7-13)16-8-15(9-17-10-16)12-5-6-12/h2-4,7-12,18H,5-6H2,1H3. The molecule has 1 aromatic carbocycles. The van der Waals surface area contributed by atoms with Crippen LogP contribution in [-0.4, -0.2) is 4.98 Å². The number of rotatable bonds is 3. The third-order valence-electron chi connectivity index (χ3n) is 3.51. The molecule has 3 rings (SSSR count). The summed E-state index contributed by atoms with van der Waals surface area (Å²) in [6.45, 7) is 2.10. The van der Waals surface area contributed by atoms with Crippen LogP contribution in [0.25, 0.3) is 11.1 Å². The van der Waals surface area contributed by atoms with Crippen molar-refractivity contribution in [2.75, 3.05) is 0 Å². The number of aromatic nitrogens is 1. The normalized spacial score (nSPS) is 16.6. The van der Waals surface area contributed by atoms with Crippen molar-refractivity contribution < 1.29 is 0 Å². The molecule has 0 bridgehead atoms. The number of benzene rings is 1. The van der Waals surface area contributed by atoms with E-state index in [1.165, 1.54) is 35.1 Å². The highest BCUT2D eigenvalue weighted by atomic mass is 32.1. The molecule has 0 radical (unpaired) electrons. The zero-order valence-corrected chi connectivity index (χ0v) is 11.4. The Labute approximate surface area is 114 Å². The van der Waals surface area contributed by atoms with Crippen LogP contribution in [0, 0.1) is 0 Å². The molecule has 1 fully saturated rings. The number of hydrogen-bond acceptors (Lipinski definition) is 2. The van der Waals surface area contributed by atoms with Crippen molar-refractivity contribution >= 4 is 12.6 Å². The quantitative estimate of drug-likeness (QED) is 0.790. The molecule has 2 aromatic rings. The van der Waals surface area contributed by atoms with Crippen molar-refractivity contribution in [2.24, 2.45) is 0 Å². The minimum Gasteiger partial charge on any atom is -0.264 e. The Morgan fingerprint density at radius 2 is 2.00 bits per heavy atom. The Balaban J connectivity index is 1.98. The first-order valence-electron chi connectivity index (χ1n) is 6.47. The maximum absolute atomic E-state index is 4.49. The van der Waals surface area contributed by atoms with Crippen molar-refractivity contribution in [2.45, 2.75) is 30.9 Å². The second-order valence-electron chi connectivity index (χ2n) is 5.08. The van der Waals surface area contributed by atoms with Gasteiger partial charge in [0.05, 0.1) is 0 Å². The highest BCUT2D eigenvalue weighted by Gasteiger charge is 2.23. The van der Waals surface area contributed by atoms with E-state index in [9.17, 15) is 0 Å². The van der Waals surface area contributed by atoms with Crippen LogP contribution in [0.15, 0.2) is 42.7 Å². The minimum absolute atomic E-state index is 0.268. The summed E-state index contributed by atoms with van der Waals surface area (Å²) in [6, 6.07) is 10.9. The minimum atomic E-state index is 0.268. The fraction of sp³-hybridized carbons (Fsp3) is 0.312. The van der Waals surface area contributed by atoms with Gasteiger partial charge >= 0.3 is 0 Å². The summed E-state index contributed by atoms with van der Waals surface area (Å²) in [4.78, 5) is 4.38. The Hall–Kier alpha value is -1.28. The molecule has 1 saturated carbocycles. The molecule has 0 N–H and O–H groups in total. The molecule has 1 atom stereocenters. The van der Waals surface area contributed by atoms with Gasteiger partial charge in [0, 0.05) is 23.2 Å². The van der Waals surface area contributed by atoms with Gasteiger partial charge in [0.2, 0.25) is 0 Å². The SMILES string of the molecule is CC(S)c1cccc(-c2cncc(C3CC3)c2)c1. The van der Waals surface area contributed by atoms with Gasteiger partial charge in [-0.2, -0.15) is 12.6 Å². The molecule has 1 aliphatic carbocycles. The molecule has 0 amide bonds. The van der Waals surface area contributed by atoms with Crippen LogP contribution in [0.1, 0.15) is 42.1 Å². The van der Waals surface area contributed by atoms with Crippen molar-refractivity contribution in [3.05, 3.63) is 53.9 Å². The first-order valence-corrected chi connectivity index (χ1v) is 6.99. The summed E-state index contributed by atoms with van der Waals surface area (Å²) in [6.07, 6.45) is 6.60. The lowest BCUT2D eigenvalue weighted by atomic mass is 10.0. The third-order valence-corrected chi connectivity index (χ3v) is 3.81. The van der Waals surface area contributed by atoms with Crippen LogP contribution in [0.4, 0.5) is 0 Å². The Morgan fingerprint density at radius 1 is 1.17 bits per heavy atom. The van der Waals surface area contributed by atoms with Crippen LogP contribution in [0.3, 0.4) is 0 Å². The topological polar surface area (TPSA) is 12.9 Å². The van der Waals surface area contributed by atoms with Crippen molar-refractivity contribution in [1.29, 1.82) is 0 Å². The lowest BCUT2D eigenvalue weighted by molar-refractivity contribution is 1.09. The molecule has 0 spiro atoms.